The van der Waals surface area contributed by atoms with Gasteiger partial charge in [-0.3, -0.25) is 4.79 Å². The number of halogens is 2. The van der Waals surface area contributed by atoms with E-state index in [1.165, 1.54) is 5.56 Å². The zero-order valence-corrected chi connectivity index (χ0v) is 17.9. The Morgan fingerprint density at radius 3 is 2.52 bits per heavy atom. The molecule has 1 amide bonds. The van der Waals surface area contributed by atoms with Gasteiger partial charge >= 0.3 is 0 Å². The fourth-order valence-corrected chi connectivity index (χ4v) is 3.22. The molecule has 150 valence electrons. The number of nitrogens with one attached hydrogen (secondary N) is 1. The molecular formula is C24H23Cl2NO2. The molecular weight excluding hydrogens is 405 g/mol. The topological polar surface area (TPSA) is 38.3 Å². The summed E-state index contributed by atoms with van der Waals surface area (Å²) in [5.41, 5.74) is 3.47. The normalized spacial score (nSPS) is 11.7. The van der Waals surface area contributed by atoms with Crippen LogP contribution in [0.15, 0.2) is 66.7 Å². The van der Waals surface area contributed by atoms with Gasteiger partial charge < -0.3 is 10.1 Å². The monoisotopic (exact) mass is 427 g/mol. The first-order valence-electron chi connectivity index (χ1n) is 9.54. The van der Waals surface area contributed by atoms with E-state index in [0.717, 1.165) is 17.7 Å². The molecule has 3 aromatic rings. The SMILES string of the molecule is CC[C@H](C)c1ccc(NC(=O)c2cccc(COc3cc(Cl)ccc3Cl)c2)cc1. The maximum absolute atomic E-state index is 12.6. The lowest BCUT2D eigenvalue weighted by atomic mass is 9.98. The van der Waals surface area contributed by atoms with Crippen molar-refractivity contribution in [2.75, 3.05) is 5.32 Å². The van der Waals surface area contributed by atoms with Gasteiger partial charge in [0.05, 0.1) is 5.02 Å². The van der Waals surface area contributed by atoms with Gasteiger partial charge in [-0.15, -0.1) is 0 Å². The van der Waals surface area contributed by atoms with Crippen molar-refractivity contribution in [3.63, 3.8) is 0 Å². The standard InChI is InChI=1S/C24H23Cl2NO2/c1-3-16(2)18-7-10-21(11-8-18)27-24(28)19-6-4-5-17(13-19)15-29-23-14-20(25)9-12-22(23)26/h4-14,16H,3,15H2,1-2H3,(H,27,28)/t16-/m0/s1. The van der Waals surface area contributed by atoms with Gasteiger partial charge in [0.15, 0.2) is 0 Å². The summed E-state index contributed by atoms with van der Waals surface area (Å²) in [7, 11) is 0. The Balaban J connectivity index is 1.65. The number of carbonyl (C=O) groups excluding carboxylic acids is 1. The molecule has 0 spiro atoms. The fraction of sp³-hybridized carbons (Fsp3) is 0.208. The van der Waals surface area contributed by atoms with Crippen molar-refractivity contribution >= 4 is 34.8 Å². The summed E-state index contributed by atoms with van der Waals surface area (Å²) < 4.78 is 5.75. The van der Waals surface area contributed by atoms with Gasteiger partial charge in [-0.25, -0.2) is 0 Å². The van der Waals surface area contributed by atoms with Crippen LogP contribution in [0.25, 0.3) is 0 Å². The van der Waals surface area contributed by atoms with Gasteiger partial charge in [0.25, 0.3) is 5.91 Å². The van der Waals surface area contributed by atoms with E-state index in [0.29, 0.717) is 27.3 Å². The van der Waals surface area contributed by atoms with Crippen LogP contribution in [-0.4, -0.2) is 5.91 Å². The van der Waals surface area contributed by atoms with Crippen LogP contribution in [0.2, 0.25) is 10.0 Å². The molecule has 1 atom stereocenters. The average Bonchev–Trinajstić information content (AvgIpc) is 2.74. The van der Waals surface area contributed by atoms with Crippen LogP contribution in [-0.2, 0) is 6.61 Å². The number of benzene rings is 3. The molecule has 0 aliphatic rings. The Morgan fingerprint density at radius 2 is 1.79 bits per heavy atom. The van der Waals surface area contributed by atoms with Gasteiger partial charge in [0, 0.05) is 22.3 Å². The van der Waals surface area contributed by atoms with E-state index in [1.54, 1.807) is 30.3 Å². The predicted molar refractivity (Wildman–Crippen MR) is 120 cm³/mol. The summed E-state index contributed by atoms with van der Waals surface area (Å²) >= 11 is 12.1. The van der Waals surface area contributed by atoms with E-state index < -0.39 is 0 Å². The highest BCUT2D eigenvalue weighted by atomic mass is 35.5. The molecule has 0 radical (unpaired) electrons. The summed E-state index contributed by atoms with van der Waals surface area (Å²) in [4.78, 5) is 12.6. The second-order valence-corrected chi connectivity index (χ2v) is 7.79. The predicted octanol–water partition coefficient (Wildman–Crippen LogP) is 7.34. The molecule has 0 fully saturated rings. The number of rotatable bonds is 7. The molecule has 0 unspecified atom stereocenters. The average molecular weight is 428 g/mol. The Hall–Kier alpha value is -2.49. The van der Waals surface area contributed by atoms with Crippen molar-refractivity contribution in [1.82, 2.24) is 0 Å². The molecule has 1 N–H and O–H groups in total. The maximum Gasteiger partial charge on any atom is 0.255 e. The van der Waals surface area contributed by atoms with Crippen molar-refractivity contribution in [3.8, 4) is 5.75 Å². The van der Waals surface area contributed by atoms with E-state index in [2.05, 4.69) is 31.3 Å². The Labute approximate surface area is 181 Å². The molecule has 0 aliphatic carbocycles. The zero-order chi connectivity index (χ0) is 20.8. The van der Waals surface area contributed by atoms with E-state index in [4.69, 9.17) is 27.9 Å². The van der Waals surface area contributed by atoms with Crippen molar-refractivity contribution in [3.05, 3.63) is 93.5 Å². The van der Waals surface area contributed by atoms with Crippen LogP contribution in [0.5, 0.6) is 5.75 Å². The Morgan fingerprint density at radius 1 is 1.03 bits per heavy atom. The molecule has 0 saturated heterocycles. The third-order valence-electron chi connectivity index (χ3n) is 4.83. The summed E-state index contributed by atoms with van der Waals surface area (Å²) in [5, 5.41) is 3.98. The first kappa shape index (κ1) is 21.2. The van der Waals surface area contributed by atoms with E-state index in [-0.39, 0.29) is 12.5 Å². The highest BCUT2D eigenvalue weighted by molar-refractivity contribution is 6.34. The number of ether oxygens (including phenoxy) is 1. The molecule has 0 bridgehead atoms. The minimum atomic E-state index is -0.163. The quantitative estimate of drug-likeness (QED) is 0.428. The highest BCUT2D eigenvalue weighted by Gasteiger charge is 2.09. The number of hydrogen-bond donors (Lipinski definition) is 1. The van der Waals surface area contributed by atoms with Crippen LogP contribution < -0.4 is 10.1 Å². The Bertz CT molecular complexity index is 986. The first-order valence-corrected chi connectivity index (χ1v) is 10.3. The summed E-state index contributed by atoms with van der Waals surface area (Å²) in [6.45, 7) is 4.64. The number of hydrogen-bond acceptors (Lipinski definition) is 2. The minimum Gasteiger partial charge on any atom is -0.487 e. The molecule has 29 heavy (non-hydrogen) atoms. The molecule has 3 nitrogen and oxygen atoms in total. The first-order chi connectivity index (χ1) is 14.0. The molecule has 0 aromatic heterocycles. The third-order valence-corrected chi connectivity index (χ3v) is 5.37. The summed E-state index contributed by atoms with van der Waals surface area (Å²) in [5.74, 6) is 0.851. The van der Waals surface area contributed by atoms with Crippen molar-refractivity contribution < 1.29 is 9.53 Å². The fourth-order valence-electron chi connectivity index (χ4n) is 2.89. The van der Waals surface area contributed by atoms with Crippen LogP contribution >= 0.6 is 23.2 Å². The van der Waals surface area contributed by atoms with Gasteiger partial charge in [-0.05, 0) is 59.9 Å². The van der Waals surface area contributed by atoms with Gasteiger partial charge in [0.1, 0.15) is 12.4 Å². The second-order valence-electron chi connectivity index (χ2n) is 6.95. The summed E-state index contributed by atoms with van der Waals surface area (Å²) in [6.07, 6.45) is 1.08. The second kappa shape index (κ2) is 9.82. The van der Waals surface area contributed by atoms with Crippen LogP contribution in [0.4, 0.5) is 5.69 Å². The van der Waals surface area contributed by atoms with Crippen LogP contribution in [0, 0.1) is 0 Å². The van der Waals surface area contributed by atoms with E-state index in [1.807, 2.05) is 24.3 Å². The maximum atomic E-state index is 12.6. The zero-order valence-electron chi connectivity index (χ0n) is 16.4. The Kier molecular flexibility index (Phi) is 7.18. The van der Waals surface area contributed by atoms with E-state index >= 15 is 0 Å². The lowest BCUT2D eigenvalue weighted by Crippen LogP contribution is -2.12. The van der Waals surface area contributed by atoms with Crippen molar-refractivity contribution in [2.24, 2.45) is 0 Å². The molecule has 0 saturated carbocycles. The third kappa shape index (κ3) is 5.75. The van der Waals surface area contributed by atoms with Crippen molar-refractivity contribution in [2.45, 2.75) is 32.8 Å². The minimum absolute atomic E-state index is 0.163. The van der Waals surface area contributed by atoms with Crippen LogP contribution in [0.1, 0.15) is 47.7 Å². The number of carbonyl (C=O) groups is 1. The largest absolute Gasteiger partial charge is 0.487 e. The number of anilines is 1. The molecule has 0 heterocycles. The van der Waals surface area contributed by atoms with Gasteiger partial charge in [-0.2, -0.15) is 0 Å². The van der Waals surface area contributed by atoms with E-state index in [9.17, 15) is 4.79 Å². The summed E-state index contributed by atoms with van der Waals surface area (Å²) in [6, 6.07) is 20.4. The molecule has 5 heteroatoms. The molecule has 3 aromatic carbocycles. The van der Waals surface area contributed by atoms with Crippen LogP contribution in [0.3, 0.4) is 0 Å². The van der Waals surface area contributed by atoms with Crippen molar-refractivity contribution in [1.29, 1.82) is 0 Å². The smallest absolute Gasteiger partial charge is 0.255 e. The lowest BCUT2D eigenvalue weighted by Gasteiger charge is -2.11. The van der Waals surface area contributed by atoms with Gasteiger partial charge in [-0.1, -0.05) is 61.3 Å². The molecule has 3 rings (SSSR count). The lowest BCUT2D eigenvalue weighted by molar-refractivity contribution is 0.102. The van der Waals surface area contributed by atoms with Gasteiger partial charge in [0.2, 0.25) is 0 Å². The number of amides is 1. The highest BCUT2D eigenvalue weighted by Crippen LogP contribution is 2.28. The molecule has 0 aliphatic heterocycles.